The van der Waals surface area contributed by atoms with Crippen molar-refractivity contribution in [3.05, 3.63) is 23.2 Å². The van der Waals surface area contributed by atoms with Crippen LogP contribution in [0.5, 0.6) is 0 Å². The molecule has 0 amide bonds. The quantitative estimate of drug-likeness (QED) is 0.844. The summed E-state index contributed by atoms with van der Waals surface area (Å²) in [6.45, 7) is 2.12. The number of halogens is 1. The molecule has 0 radical (unpaired) electrons. The van der Waals surface area contributed by atoms with Crippen LogP contribution in [0.2, 0.25) is 5.02 Å². The van der Waals surface area contributed by atoms with Crippen molar-refractivity contribution in [1.29, 1.82) is 0 Å². The van der Waals surface area contributed by atoms with E-state index in [1.807, 2.05) is 18.2 Å². The Labute approximate surface area is 105 Å². The molecule has 1 unspecified atom stereocenters. The Kier molecular flexibility index (Phi) is 2.49. The molecule has 0 spiro atoms. The molecule has 1 aliphatic heterocycles. The molecule has 0 bridgehead atoms. The maximum atomic E-state index is 6.04. The number of fused-ring (bicyclic) bond motifs is 1. The fraction of sp³-hybridized carbons (Fsp3) is 0.417. The van der Waals surface area contributed by atoms with Crippen LogP contribution >= 0.6 is 11.6 Å². The highest BCUT2D eigenvalue weighted by atomic mass is 35.5. The van der Waals surface area contributed by atoms with Crippen molar-refractivity contribution in [2.24, 2.45) is 0 Å². The van der Waals surface area contributed by atoms with E-state index in [1.54, 1.807) is 0 Å². The van der Waals surface area contributed by atoms with E-state index < -0.39 is 0 Å². The third-order valence-electron chi connectivity index (χ3n) is 3.41. The van der Waals surface area contributed by atoms with Crippen molar-refractivity contribution in [2.75, 3.05) is 25.9 Å². The zero-order valence-electron chi connectivity index (χ0n) is 9.73. The molecular formula is C12H15ClN4. The largest absolute Gasteiger partial charge is 0.369 e. The summed E-state index contributed by atoms with van der Waals surface area (Å²) in [5.41, 5.74) is 7.97. The highest BCUT2D eigenvalue weighted by Gasteiger charge is 2.24. The molecule has 1 saturated heterocycles. The monoisotopic (exact) mass is 250 g/mol. The van der Waals surface area contributed by atoms with Crippen LogP contribution in [-0.2, 0) is 0 Å². The molecule has 3 rings (SSSR count). The zero-order valence-corrected chi connectivity index (χ0v) is 10.5. The van der Waals surface area contributed by atoms with Gasteiger partial charge in [0.1, 0.15) is 0 Å². The second-order valence-corrected chi connectivity index (χ2v) is 5.11. The maximum absolute atomic E-state index is 6.04. The second kappa shape index (κ2) is 3.89. The standard InChI is InChI=1S/C12H15ClN4/c1-16-5-4-9(7-16)17-11-6-8(13)2-3-10(11)15-12(17)14/h2-3,6,9H,4-5,7H2,1H3,(H2,14,15). The van der Waals surface area contributed by atoms with Gasteiger partial charge in [-0.2, -0.15) is 0 Å². The molecule has 90 valence electrons. The van der Waals surface area contributed by atoms with Gasteiger partial charge < -0.3 is 15.2 Å². The lowest BCUT2D eigenvalue weighted by atomic mass is 10.2. The Balaban J connectivity index is 2.14. The summed E-state index contributed by atoms with van der Waals surface area (Å²) in [6.07, 6.45) is 1.11. The van der Waals surface area contributed by atoms with E-state index in [0.717, 1.165) is 35.6 Å². The Morgan fingerprint density at radius 2 is 2.29 bits per heavy atom. The number of hydrogen-bond acceptors (Lipinski definition) is 3. The Morgan fingerprint density at radius 1 is 1.47 bits per heavy atom. The van der Waals surface area contributed by atoms with Crippen LogP contribution in [0, 0.1) is 0 Å². The third kappa shape index (κ3) is 1.77. The Hall–Kier alpha value is -1.26. The molecule has 0 saturated carbocycles. The number of nitrogen functional groups attached to an aromatic ring is 1. The zero-order chi connectivity index (χ0) is 12.0. The molecule has 5 heteroatoms. The Bertz CT molecular complexity index is 563. The number of rotatable bonds is 1. The van der Waals surface area contributed by atoms with Crippen LogP contribution in [0.25, 0.3) is 11.0 Å². The molecule has 1 aromatic carbocycles. The van der Waals surface area contributed by atoms with Gasteiger partial charge >= 0.3 is 0 Å². The SMILES string of the molecule is CN1CCC(n2c(N)nc3ccc(Cl)cc32)C1. The van der Waals surface area contributed by atoms with Gasteiger partial charge in [0.25, 0.3) is 0 Å². The summed E-state index contributed by atoms with van der Waals surface area (Å²) in [5, 5.41) is 0.727. The fourth-order valence-corrected chi connectivity index (χ4v) is 2.76. The molecule has 2 heterocycles. The van der Waals surface area contributed by atoms with Gasteiger partial charge in [-0.15, -0.1) is 0 Å². The summed E-state index contributed by atoms with van der Waals surface area (Å²) < 4.78 is 2.12. The van der Waals surface area contributed by atoms with Gasteiger partial charge in [-0.05, 0) is 38.2 Å². The van der Waals surface area contributed by atoms with E-state index in [-0.39, 0.29) is 0 Å². The van der Waals surface area contributed by atoms with Gasteiger partial charge in [-0.3, -0.25) is 0 Å². The number of imidazole rings is 1. The molecule has 17 heavy (non-hydrogen) atoms. The number of hydrogen-bond donors (Lipinski definition) is 1. The van der Waals surface area contributed by atoms with Crippen molar-refractivity contribution in [3.8, 4) is 0 Å². The summed E-state index contributed by atoms with van der Waals surface area (Å²) >= 11 is 6.04. The van der Waals surface area contributed by atoms with Crippen LogP contribution in [0.1, 0.15) is 12.5 Å². The molecule has 1 aliphatic rings. The number of anilines is 1. The second-order valence-electron chi connectivity index (χ2n) is 4.68. The van der Waals surface area contributed by atoms with Crippen molar-refractivity contribution < 1.29 is 0 Å². The first-order chi connectivity index (χ1) is 8.15. The summed E-state index contributed by atoms with van der Waals surface area (Å²) in [6, 6.07) is 6.12. The van der Waals surface area contributed by atoms with E-state index in [4.69, 9.17) is 17.3 Å². The van der Waals surface area contributed by atoms with Crippen LogP contribution in [0.15, 0.2) is 18.2 Å². The molecular weight excluding hydrogens is 236 g/mol. The molecule has 4 nitrogen and oxygen atoms in total. The van der Waals surface area contributed by atoms with Crippen molar-refractivity contribution in [2.45, 2.75) is 12.5 Å². The topological polar surface area (TPSA) is 47.1 Å². The smallest absolute Gasteiger partial charge is 0.201 e. The summed E-state index contributed by atoms with van der Waals surface area (Å²) in [4.78, 5) is 6.69. The predicted octanol–water partition coefficient (Wildman–Crippen LogP) is 2.15. The molecule has 2 aromatic rings. The van der Waals surface area contributed by atoms with Crippen LogP contribution in [0.4, 0.5) is 5.95 Å². The first-order valence-corrected chi connectivity index (χ1v) is 6.14. The minimum atomic E-state index is 0.406. The fourth-order valence-electron chi connectivity index (χ4n) is 2.59. The van der Waals surface area contributed by atoms with Gasteiger partial charge in [0.2, 0.25) is 5.95 Å². The van der Waals surface area contributed by atoms with E-state index in [2.05, 4.69) is 21.5 Å². The molecule has 1 fully saturated rings. The number of aromatic nitrogens is 2. The van der Waals surface area contributed by atoms with Gasteiger partial charge in [-0.1, -0.05) is 11.6 Å². The average molecular weight is 251 g/mol. The molecule has 1 aromatic heterocycles. The van der Waals surface area contributed by atoms with Gasteiger partial charge in [0.05, 0.1) is 17.1 Å². The van der Waals surface area contributed by atoms with Crippen LogP contribution in [0.3, 0.4) is 0 Å². The number of likely N-dealkylation sites (tertiary alicyclic amines) is 1. The summed E-state index contributed by atoms with van der Waals surface area (Å²) in [5.74, 6) is 0.586. The van der Waals surface area contributed by atoms with Crippen molar-refractivity contribution >= 4 is 28.6 Å². The lowest BCUT2D eigenvalue weighted by molar-refractivity contribution is 0.396. The molecule has 0 aliphatic carbocycles. The highest BCUT2D eigenvalue weighted by Crippen LogP contribution is 2.29. The maximum Gasteiger partial charge on any atom is 0.201 e. The average Bonchev–Trinajstić information content (AvgIpc) is 2.81. The van der Waals surface area contributed by atoms with Gasteiger partial charge in [0.15, 0.2) is 0 Å². The van der Waals surface area contributed by atoms with Crippen molar-refractivity contribution in [3.63, 3.8) is 0 Å². The third-order valence-corrected chi connectivity index (χ3v) is 3.65. The normalized spacial score (nSPS) is 21.4. The molecule has 1 atom stereocenters. The number of benzene rings is 1. The lowest BCUT2D eigenvalue weighted by Crippen LogP contribution is -2.17. The lowest BCUT2D eigenvalue weighted by Gasteiger charge is -2.14. The highest BCUT2D eigenvalue weighted by molar-refractivity contribution is 6.31. The minimum absolute atomic E-state index is 0.406. The van der Waals surface area contributed by atoms with Crippen LogP contribution in [-0.4, -0.2) is 34.6 Å². The van der Waals surface area contributed by atoms with E-state index in [0.29, 0.717) is 12.0 Å². The number of nitrogens with zero attached hydrogens (tertiary/aromatic N) is 3. The van der Waals surface area contributed by atoms with Crippen molar-refractivity contribution in [1.82, 2.24) is 14.5 Å². The van der Waals surface area contributed by atoms with E-state index in [9.17, 15) is 0 Å². The van der Waals surface area contributed by atoms with Gasteiger partial charge in [-0.25, -0.2) is 4.98 Å². The van der Waals surface area contributed by atoms with Gasteiger partial charge in [0, 0.05) is 11.6 Å². The van der Waals surface area contributed by atoms with Crippen LogP contribution < -0.4 is 5.73 Å². The first-order valence-electron chi connectivity index (χ1n) is 5.76. The summed E-state index contributed by atoms with van der Waals surface area (Å²) in [7, 11) is 2.13. The molecule has 2 N–H and O–H groups in total. The predicted molar refractivity (Wildman–Crippen MR) is 70.3 cm³/mol. The Morgan fingerprint density at radius 3 is 3.00 bits per heavy atom. The van der Waals surface area contributed by atoms with E-state index >= 15 is 0 Å². The minimum Gasteiger partial charge on any atom is -0.369 e. The van der Waals surface area contributed by atoms with E-state index in [1.165, 1.54) is 0 Å². The number of nitrogens with two attached hydrogens (primary N) is 1. The first kappa shape index (κ1) is 10.9. The number of likely N-dealkylation sites (N-methyl/N-ethyl adjacent to an activating group) is 1.